The van der Waals surface area contributed by atoms with Crippen molar-refractivity contribution in [2.45, 2.75) is 31.1 Å². The van der Waals surface area contributed by atoms with Crippen LogP contribution in [0.1, 0.15) is 6.42 Å². The third-order valence-corrected chi connectivity index (χ3v) is 2.43. The average Bonchev–Trinajstić information content (AvgIpc) is 2.16. The van der Waals surface area contributed by atoms with E-state index in [1.165, 1.54) is 7.11 Å². The molecule has 4 nitrogen and oxygen atoms in total. The van der Waals surface area contributed by atoms with Crippen molar-refractivity contribution in [2.75, 3.05) is 13.7 Å². The van der Waals surface area contributed by atoms with Crippen molar-refractivity contribution in [3.63, 3.8) is 0 Å². The maximum Gasteiger partial charge on any atom is 0.394 e. The Labute approximate surface area is 84.6 Å². The van der Waals surface area contributed by atoms with E-state index in [4.69, 9.17) is 9.84 Å². The van der Waals surface area contributed by atoms with Crippen molar-refractivity contribution >= 4 is 0 Å². The minimum Gasteiger partial charge on any atom is -0.394 e. The van der Waals surface area contributed by atoms with E-state index >= 15 is 0 Å². The summed E-state index contributed by atoms with van der Waals surface area (Å²) < 4.78 is 46.9. The van der Waals surface area contributed by atoms with Crippen molar-refractivity contribution < 1.29 is 32.9 Å². The molecule has 1 aliphatic heterocycles. The number of rotatable bonds is 2. The van der Waals surface area contributed by atoms with Crippen LogP contribution in [0.25, 0.3) is 0 Å². The van der Waals surface area contributed by atoms with Crippen LogP contribution in [0.15, 0.2) is 0 Å². The summed E-state index contributed by atoms with van der Waals surface area (Å²) in [6, 6.07) is 0. The van der Waals surface area contributed by atoms with Gasteiger partial charge in [-0.15, -0.1) is 0 Å². The average molecular weight is 230 g/mol. The van der Waals surface area contributed by atoms with Gasteiger partial charge in [0.15, 0.2) is 6.29 Å². The molecule has 0 amide bonds. The summed E-state index contributed by atoms with van der Waals surface area (Å²) in [7, 11) is 1.21. The van der Waals surface area contributed by atoms with Crippen LogP contribution >= 0.6 is 0 Å². The summed E-state index contributed by atoms with van der Waals surface area (Å²) >= 11 is 0. The smallest absolute Gasteiger partial charge is 0.394 e. The first-order chi connectivity index (χ1) is 6.90. The van der Waals surface area contributed by atoms with E-state index in [1.807, 2.05) is 0 Å². The number of ether oxygens (including phenoxy) is 2. The quantitative estimate of drug-likeness (QED) is 0.715. The predicted molar refractivity (Wildman–Crippen MR) is 42.9 cm³/mol. The molecule has 0 aliphatic carbocycles. The number of alkyl halides is 3. The van der Waals surface area contributed by atoms with Crippen LogP contribution in [-0.2, 0) is 9.47 Å². The zero-order valence-electron chi connectivity index (χ0n) is 8.07. The summed E-state index contributed by atoms with van der Waals surface area (Å²) in [6.07, 6.45) is -9.03. The van der Waals surface area contributed by atoms with E-state index in [0.717, 1.165) is 0 Å². The first-order valence-corrected chi connectivity index (χ1v) is 4.44. The number of hydrogen-bond acceptors (Lipinski definition) is 4. The zero-order valence-corrected chi connectivity index (χ0v) is 8.07. The third-order valence-electron chi connectivity index (χ3n) is 2.43. The van der Waals surface area contributed by atoms with Crippen LogP contribution in [0.5, 0.6) is 0 Å². The molecular formula is C8H13F3O4. The van der Waals surface area contributed by atoms with Gasteiger partial charge >= 0.3 is 6.18 Å². The molecule has 1 fully saturated rings. The van der Waals surface area contributed by atoms with Gasteiger partial charge in [-0.25, -0.2) is 0 Å². The monoisotopic (exact) mass is 230 g/mol. The highest BCUT2D eigenvalue weighted by Crippen LogP contribution is 2.38. The summed E-state index contributed by atoms with van der Waals surface area (Å²) in [5, 5.41) is 18.1. The first-order valence-electron chi connectivity index (χ1n) is 4.44. The number of aliphatic hydroxyl groups is 2. The molecule has 0 bridgehead atoms. The molecule has 7 heteroatoms. The van der Waals surface area contributed by atoms with Gasteiger partial charge in [0.1, 0.15) is 6.10 Å². The Bertz CT molecular complexity index is 209. The minimum absolute atomic E-state index is 0.461. The standard InChI is InChI=1S/C8H13F3O4/c1-14-6-2-4(8(9,10)11)7(13)5(3-12)15-6/h4-7,12-13H,2-3H2,1H3/t4-,5-,6+,7+/m1/s1. The molecule has 0 unspecified atom stereocenters. The number of aliphatic hydroxyl groups excluding tert-OH is 2. The van der Waals surface area contributed by atoms with Gasteiger partial charge in [-0.3, -0.25) is 0 Å². The van der Waals surface area contributed by atoms with Crippen molar-refractivity contribution in [1.82, 2.24) is 0 Å². The third kappa shape index (κ3) is 2.81. The second-order valence-corrected chi connectivity index (χ2v) is 3.40. The molecule has 0 aromatic rings. The summed E-state index contributed by atoms with van der Waals surface area (Å²) in [5.74, 6) is -1.92. The van der Waals surface area contributed by atoms with Crippen LogP contribution in [-0.4, -0.2) is 48.6 Å². The van der Waals surface area contributed by atoms with Gasteiger partial charge < -0.3 is 19.7 Å². The molecule has 1 aliphatic rings. The van der Waals surface area contributed by atoms with Crippen molar-refractivity contribution in [1.29, 1.82) is 0 Å². The maximum atomic E-state index is 12.5. The fourth-order valence-electron chi connectivity index (χ4n) is 1.57. The largest absolute Gasteiger partial charge is 0.394 e. The van der Waals surface area contributed by atoms with E-state index < -0.39 is 43.6 Å². The van der Waals surface area contributed by atoms with Crippen LogP contribution in [0.4, 0.5) is 13.2 Å². The lowest BCUT2D eigenvalue weighted by molar-refractivity contribution is -0.293. The lowest BCUT2D eigenvalue weighted by Gasteiger charge is -2.38. The Morgan fingerprint density at radius 2 is 2.07 bits per heavy atom. The van der Waals surface area contributed by atoms with Crippen molar-refractivity contribution in [3.05, 3.63) is 0 Å². The molecule has 15 heavy (non-hydrogen) atoms. The fourth-order valence-corrected chi connectivity index (χ4v) is 1.57. The summed E-state index contributed by atoms with van der Waals surface area (Å²) in [5.41, 5.74) is 0. The van der Waals surface area contributed by atoms with E-state index in [-0.39, 0.29) is 0 Å². The molecule has 0 radical (unpaired) electrons. The molecular weight excluding hydrogens is 217 g/mol. The normalized spacial score (nSPS) is 38.0. The Morgan fingerprint density at radius 3 is 2.47 bits per heavy atom. The van der Waals surface area contributed by atoms with Gasteiger partial charge in [-0.05, 0) is 0 Å². The predicted octanol–water partition coefficient (Wildman–Crippen LogP) is 0.280. The lowest BCUT2D eigenvalue weighted by atomic mass is 9.91. The van der Waals surface area contributed by atoms with Crippen LogP contribution in [0, 0.1) is 5.92 Å². The van der Waals surface area contributed by atoms with E-state index in [9.17, 15) is 18.3 Å². The van der Waals surface area contributed by atoms with E-state index in [1.54, 1.807) is 0 Å². The minimum atomic E-state index is -4.52. The van der Waals surface area contributed by atoms with Gasteiger partial charge in [0.2, 0.25) is 0 Å². The molecule has 1 rings (SSSR count). The van der Waals surface area contributed by atoms with Crippen LogP contribution in [0.2, 0.25) is 0 Å². The van der Waals surface area contributed by atoms with Crippen molar-refractivity contribution in [2.24, 2.45) is 5.92 Å². The van der Waals surface area contributed by atoms with E-state index in [0.29, 0.717) is 0 Å². The first kappa shape index (κ1) is 12.7. The molecule has 90 valence electrons. The highest BCUT2D eigenvalue weighted by molar-refractivity contribution is 4.86. The molecule has 2 N–H and O–H groups in total. The highest BCUT2D eigenvalue weighted by atomic mass is 19.4. The zero-order chi connectivity index (χ0) is 11.6. The SMILES string of the molecule is CO[C@@H]1C[C@@H](C(F)(F)F)[C@H](O)[C@@H](CO)O1. The van der Waals surface area contributed by atoms with Gasteiger partial charge in [0.25, 0.3) is 0 Å². The number of methoxy groups -OCH3 is 1. The highest BCUT2D eigenvalue weighted by Gasteiger charge is 2.51. The van der Waals surface area contributed by atoms with Gasteiger partial charge in [0, 0.05) is 13.5 Å². The van der Waals surface area contributed by atoms with Gasteiger partial charge in [-0.1, -0.05) is 0 Å². The number of halogens is 3. The van der Waals surface area contributed by atoms with Crippen LogP contribution < -0.4 is 0 Å². The van der Waals surface area contributed by atoms with Gasteiger partial charge in [0.05, 0.1) is 18.6 Å². The maximum absolute atomic E-state index is 12.5. The number of hydrogen-bond donors (Lipinski definition) is 2. The van der Waals surface area contributed by atoms with Crippen molar-refractivity contribution in [3.8, 4) is 0 Å². The lowest BCUT2D eigenvalue weighted by Crippen LogP contribution is -2.52. The molecule has 0 aromatic carbocycles. The topological polar surface area (TPSA) is 58.9 Å². The Morgan fingerprint density at radius 1 is 1.47 bits per heavy atom. The molecule has 0 saturated carbocycles. The molecule has 1 heterocycles. The second kappa shape index (κ2) is 4.65. The molecule has 1 saturated heterocycles. The molecule has 4 atom stereocenters. The summed E-state index contributed by atoms with van der Waals surface area (Å²) in [6.45, 7) is -0.673. The fraction of sp³-hybridized carbons (Fsp3) is 1.00. The Balaban J connectivity index is 2.77. The Kier molecular flexibility index (Phi) is 3.93. The Hall–Kier alpha value is -0.370. The summed E-state index contributed by atoms with van der Waals surface area (Å²) in [4.78, 5) is 0. The van der Waals surface area contributed by atoms with Gasteiger partial charge in [-0.2, -0.15) is 13.2 Å². The molecule has 0 spiro atoms. The second-order valence-electron chi connectivity index (χ2n) is 3.40. The van der Waals surface area contributed by atoms with Crippen LogP contribution in [0.3, 0.4) is 0 Å². The molecule has 0 aromatic heterocycles. The van der Waals surface area contributed by atoms with E-state index in [2.05, 4.69) is 4.74 Å².